The number of hydrogen-bond donors (Lipinski definition) is 13. The number of anilines is 7. The number of halogens is 6. The molecule has 7 aromatic rings. The third-order valence-corrected chi connectivity index (χ3v) is 20.9. The Bertz CT molecular complexity index is 4010. The molecular formula is C57H66Cl3F3N12O14S3. The first-order valence-electron chi connectivity index (χ1n) is 27.5. The second-order valence-electron chi connectivity index (χ2n) is 20.4. The van der Waals surface area contributed by atoms with Crippen LogP contribution in [0.1, 0.15) is 69.6 Å². The van der Waals surface area contributed by atoms with Gasteiger partial charge < -0.3 is 69.4 Å². The minimum Gasteiger partial charge on any atom is -0.400 e. The number of amides is 3. The van der Waals surface area contributed by atoms with Crippen LogP contribution in [0, 0.1) is 17.5 Å². The summed E-state index contributed by atoms with van der Waals surface area (Å²) in [5, 5.41) is 50.0. The number of hydrogen-bond acceptors (Lipinski definition) is 19. The molecule has 1 aromatic heterocycles. The van der Waals surface area contributed by atoms with Crippen LogP contribution in [-0.4, -0.2) is 163 Å². The summed E-state index contributed by atoms with van der Waals surface area (Å²) in [6.07, 6.45) is 1.63. The van der Waals surface area contributed by atoms with Crippen LogP contribution in [0.15, 0.2) is 112 Å². The number of aliphatic hydroxyl groups is 5. The third-order valence-electron chi connectivity index (χ3n) is 14.3. The number of nitrogens with one attached hydrogen (secondary N) is 4. The van der Waals surface area contributed by atoms with Gasteiger partial charge in [0.05, 0.1) is 68.0 Å². The second kappa shape index (κ2) is 31.9. The molecule has 3 amide bonds. The number of carbonyl (C=O) groups is 3. The Morgan fingerprint density at radius 2 is 0.761 bits per heavy atom. The number of nitrogens with two attached hydrogens (primary N) is 4. The zero-order valence-electron chi connectivity index (χ0n) is 49.0. The smallest absolute Gasteiger partial charge is 0.255 e. The monoisotopic (exact) mass is 1400 g/mol. The summed E-state index contributed by atoms with van der Waals surface area (Å²) in [5.41, 5.74) is 24.4. The molecular weight excluding hydrogens is 1340 g/mol. The maximum atomic E-state index is 13.3. The Hall–Kier alpha value is -7.41. The number of rotatable bonds is 12. The van der Waals surface area contributed by atoms with Gasteiger partial charge in [-0.25, -0.2) is 43.4 Å². The Balaban J connectivity index is 0.000000213. The number of imidazole rings is 1. The average Bonchev–Trinajstić information content (AvgIpc) is 1.24. The molecule has 3 aliphatic rings. The Labute approximate surface area is 542 Å². The molecule has 26 nitrogen and oxygen atoms in total. The van der Waals surface area contributed by atoms with Crippen LogP contribution in [0.5, 0.6) is 0 Å². The molecule has 0 bridgehead atoms. The Kier molecular flexibility index (Phi) is 25.6. The predicted molar refractivity (Wildman–Crippen MR) is 343 cm³/mol. The highest BCUT2D eigenvalue weighted by molar-refractivity contribution is 7.90. The van der Waals surface area contributed by atoms with Crippen molar-refractivity contribution in [3.63, 3.8) is 0 Å². The summed E-state index contributed by atoms with van der Waals surface area (Å²) in [5.74, 6) is -3.80. The lowest BCUT2D eigenvalue weighted by molar-refractivity contribution is 0.101. The van der Waals surface area contributed by atoms with E-state index in [0.29, 0.717) is 44.0 Å². The number of aromatic nitrogens is 2. The van der Waals surface area contributed by atoms with Crippen molar-refractivity contribution < 1.29 is 78.3 Å². The van der Waals surface area contributed by atoms with E-state index in [1.165, 1.54) is 79.9 Å². The van der Waals surface area contributed by atoms with Crippen LogP contribution >= 0.6 is 34.8 Å². The number of nitrogens with zero attached hydrogens (tertiary/aromatic N) is 4. The quantitative estimate of drug-likeness (QED) is 0.0619. The van der Waals surface area contributed by atoms with E-state index in [1.807, 2.05) is 0 Å². The molecule has 0 atom stereocenters. The highest BCUT2D eigenvalue weighted by atomic mass is 35.5. The number of aromatic amines is 1. The first-order valence-corrected chi connectivity index (χ1v) is 33.0. The van der Waals surface area contributed by atoms with Crippen molar-refractivity contribution in [2.45, 2.75) is 71.5 Å². The fourth-order valence-electron chi connectivity index (χ4n) is 9.33. The van der Waals surface area contributed by atoms with Crippen molar-refractivity contribution in [3.8, 4) is 0 Å². The first kappa shape index (κ1) is 73.6. The molecule has 3 aliphatic heterocycles. The van der Waals surface area contributed by atoms with Crippen LogP contribution in [0.25, 0.3) is 11.0 Å². The Morgan fingerprint density at radius 1 is 0.478 bits per heavy atom. The fraction of sp³-hybridized carbons (Fsp3) is 0.298. The summed E-state index contributed by atoms with van der Waals surface area (Å²) < 4.78 is 122. The zero-order chi connectivity index (χ0) is 68.2. The van der Waals surface area contributed by atoms with Crippen LogP contribution in [0.2, 0.25) is 15.1 Å². The van der Waals surface area contributed by atoms with E-state index < -0.39 is 83.6 Å². The maximum Gasteiger partial charge on any atom is 0.255 e. The molecule has 0 saturated carbocycles. The molecule has 92 heavy (non-hydrogen) atoms. The fourth-order valence-corrected chi connectivity index (χ4v) is 14.8. The van der Waals surface area contributed by atoms with E-state index in [-0.39, 0.29) is 131 Å². The minimum atomic E-state index is -4.01. The maximum absolute atomic E-state index is 13.3. The van der Waals surface area contributed by atoms with Crippen molar-refractivity contribution in [3.05, 3.63) is 147 Å². The summed E-state index contributed by atoms with van der Waals surface area (Å²) >= 11 is 17.2. The molecule has 0 unspecified atom stereocenters. The Morgan fingerprint density at radius 3 is 1.07 bits per heavy atom. The van der Waals surface area contributed by atoms with Gasteiger partial charge in [-0.15, -0.1) is 0 Å². The van der Waals surface area contributed by atoms with Crippen LogP contribution < -0.4 is 38.9 Å². The van der Waals surface area contributed by atoms with Gasteiger partial charge >= 0.3 is 0 Å². The van der Waals surface area contributed by atoms with Crippen molar-refractivity contribution >= 4 is 133 Å². The van der Waals surface area contributed by atoms with Crippen molar-refractivity contribution in [1.29, 1.82) is 0 Å². The van der Waals surface area contributed by atoms with Crippen LogP contribution in [0.3, 0.4) is 0 Å². The lowest BCUT2D eigenvalue weighted by Crippen LogP contribution is -2.40. The van der Waals surface area contributed by atoms with Gasteiger partial charge in [0.25, 0.3) is 17.7 Å². The molecule has 3 saturated heterocycles. The number of carbonyl (C=O) groups excluding carboxylic acids is 3. The van der Waals surface area contributed by atoms with E-state index in [0.717, 1.165) is 44.6 Å². The molecule has 17 N–H and O–H groups in total. The molecule has 6 aromatic carbocycles. The molecule has 498 valence electrons. The van der Waals surface area contributed by atoms with E-state index in [1.54, 1.807) is 0 Å². The van der Waals surface area contributed by atoms with E-state index in [2.05, 4.69) is 25.9 Å². The molecule has 0 radical (unpaired) electrons. The lowest BCUT2D eigenvalue weighted by atomic mass is 10.1. The summed E-state index contributed by atoms with van der Waals surface area (Å²) in [6.45, 7) is 0.890. The number of piperidine rings is 3. The summed E-state index contributed by atoms with van der Waals surface area (Å²) in [7, 11) is -9.96. The number of benzene rings is 6. The van der Waals surface area contributed by atoms with Crippen LogP contribution in [-0.2, 0) is 30.1 Å². The van der Waals surface area contributed by atoms with Gasteiger partial charge in [0, 0.05) is 87.2 Å². The molecule has 4 heterocycles. The minimum absolute atomic E-state index is 0.0345. The molecule has 3 fully saturated rings. The van der Waals surface area contributed by atoms with Crippen molar-refractivity contribution in [2.75, 3.05) is 92.4 Å². The first-order chi connectivity index (χ1) is 43.4. The normalized spacial score (nSPS) is 15.4. The SMILES string of the molecule is CO.CO.Nc1cc(C(=O)Nc2ccc(F)c(Cl)c2)cc(S(=O)(=O)N2CCC(O)CC2)c1N.Nc1cc(C(=O)Nc2ccc(F)c(Cl)c2)cc(S(=O)(=O)N2CCC(O)CC2)c1N.O=C(Nc1ccc(F)c(Cl)c1)c1cc(S(=O)(=O)N2CCC(O)CC2)c2nc[nH]c2c1. The van der Waals surface area contributed by atoms with Gasteiger partial charge in [0.2, 0.25) is 30.1 Å². The number of fused-ring (bicyclic) bond motifs is 1. The van der Waals surface area contributed by atoms with E-state index >= 15 is 0 Å². The average molecular weight is 1400 g/mol. The van der Waals surface area contributed by atoms with Gasteiger partial charge in [0.1, 0.15) is 37.7 Å². The second-order valence-corrected chi connectivity index (χ2v) is 27.3. The number of nitrogen functional groups attached to an aromatic ring is 4. The lowest BCUT2D eigenvalue weighted by Gasteiger charge is -2.29. The third kappa shape index (κ3) is 17.8. The number of aliphatic hydroxyl groups excluding tert-OH is 5. The van der Waals surface area contributed by atoms with E-state index in [9.17, 15) is 68.1 Å². The molecule has 10 rings (SSSR count). The molecule has 0 spiro atoms. The van der Waals surface area contributed by atoms with Gasteiger partial charge in [-0.1, -0.05) is 34.8 Å². The number of sulfonamides is 3. The van der Waals surface area contributed by atoms with E-state index in [4.69, 9.17) is 68.0 Å². The van der Waals surface area contributed by atoms with Gasteiger partial charge in [0.15, 0.2) is 0 Å². The zero-order valence-corrected chi connectivity index (χ0v) is 53.7. The van der Waals surface area contributed by atoms with Gasteiger partial charge in [-0.3, -0.25) is 14.4 Å². The van der Waals surface area contributed by atoms with Gasteiger partial charge in [-0.2, -0.15) is 12.9 Å². The highest BCUT2D eigenvalue weighted by Gasteiger charge is 2.35. The standard InChI is InChI=1S/C19H18ClFN4O4S.2C18H20ClFN4O4S.2CH4O/c20-14-9-12(1-2-15(14)21)24-19(27)11-7-16-18(23-10-22-16)17(8-11)30(28,29)25-5-3-13(26)4-6-25;2*19-13-9-11(1-2-14(13)20)23-18(26)10-7-15(21)17(22)16(8-10)29(27,28)24-5-3-12(25)4-6-24;2*1-2/h1-2,7-10,13,26H,3-6H2,(H,22,23)(H,24,27);2*1-2,7-9,12,25H,3-6,21-22H2,(H,23,26);2*2H,1H3. The predicted octanol–water partition coefficient (Wildman–Crippen LogP) is 6.05. The molecule has 0 aliphatic carbocycles. The topological polar surface area (TPSA) is 433 Å². The molecule has 35 heteroatoms. The van der Waals surface area contributed by atoms with Crippen molar-refractivity contribution in [2.24, 2.45) is 0 Å². The van der Waals surface area contributed by atoms with Crippen molar-refractivity contribution in [1.82, 2.24) is 22.9 Å². The summed E-state index contributed by atoms with van der Waals surface area (Å²) in [4.78, 5) is 44.2. The highest BCUT2D eigenvalue weighted by Crippen LogP contribution is 2.35. The summed E-state index contributed by atoms with van der Waals surface area (Å²) in [6, 6.07) is 18.6. The number of H-pyrrole nitrogens is 1. The largest absolute Gasteiger partial charge is 0.400 e. The van der Waals surface area contributed by atoms with Crippen LogP contribution in [0.4, 0.5) is 53.0 Å². The van der Waals surface area contributed by atoms with Gasteiger partial charge in [-0.05, 0) is 130 Å².